The van der Waals surface area contributed by atoms with E-state index in [-0.39, 0.29) is 0 Å². The Labute approximate surface area is 366 Å². The molecule has 63 heavy (non-hydrogen) atoms. The largest absolute Gasteiger partial charge is 0.208 e. The summed E-state index contributed by atoms with van der Waals surface area (Å²) in [6, 6.07) is 79.4. The summed E-state index contributed by atoms with van der Waals surface area (Å²) in [7, 11) is 0. The van der Waals surface area contributed by atoms with Crippen LogP contribution < -0.4 is 0 Å². The van der Waals surface area contributed by atoms with Gasteiger partial charge in [0.1, 0.15) is 0 Å². The van der Waals surface area contributed by atoms with Gasteiger partial charge in [-0.15, -0.1) is 0 Å². The third-order valence-electron chi connectivity index (χ3n) is 12.8. The monoisotopic (exact) mass is 800 g/mol. The molecule has 1 heterocycles. The quantitative estimate of drug-likeness (QED) is 0.168. The van der Waals surface area contributed by atoms with E-state index in [1.165, 1.54) is 44.5 Å². The molecule has 2 aliphatic carbocycles. The van der Waals surface area contributed by atoms with Gasteiger partial charge in [0.2, 0.25) is 0 Å². The Morgan fingerprint density at radius 2 is 0.635 bits per heavy atom. The highest BCUT2D eigenvalue weighted by Crippen LogP contribution is 2.63. The molecule has 0 amide bonds. The van der Waals surface area contributed by atoms with Crippen LogP contribution in [-0.4, -0.2) is 15.0 Å². The van der Waals surface area contributed by atoms with Crippen molar-refractivity contribution in [2.75, 3.05) is 0 Å². The zero-order chi connectivity index (χ0) is 41.9. The van der Waals surface area contributed by atoms with E-state index in [9.17, 15) is 5.26 Å². The zero-order valence-corrected chi connectivity index (χ0v) is 34.1. The molecule has 10 aromatic rings. The van der Waals surface area contributed by atoms with Crippen molar-refractivity contribution in [1.29, 1.82) is 5.26 Å². The van der Waals surface area contributed by atoms with Gasteiger partial charge in [-0.2, -0.15) is 5.26 Å². The van der Waals surface area contributed by atoms with E-state index in [1.54, 1.807) is 0 Å². The van der Waals surface area contributed by atoms with Gasteiger partial charge in [0.05, 0.1) is 17.0 Å². The van der Waals surface area contributed by atoms with Gasteiger partial charge >= 0.3 is 0 Å². The maximum atomic E-state index is 9.69. The number of aromatic nitrogens is 3. The minimum atomic E-state index is -0.457. The maximum Gasteiger partial charge on any atom is 0.164 e. The third kappa shape index (κ3) is 5.79. The molecule has 0 aliphatic heterocycles. The molecule has 4 heteroatoms. The minimum absolute atomic E-state index is 0.457. The Kier molecular flexibility index (Phi) is 8.42. The van der Waals surface area contributed by atoms with Gasteiger partial charge in [0.25, 0.3) is 0 Å². The van der Waals surface area contributed by atoms with Crippen LogP contribution in [0.5, 0.6) is 0 Å². The van der Waals surface area contributed by atoms with Crippen LogP contribution in [0.4, 0.5) is 0 Å². The Bertz CT molecular complexity index is 3320. The molecule has 0 saturated heterocycles. The fourth-order valence-corrected chi connectivity index (χ4v) is 9.93. The summed E-state index contributed by atoms with van der Waals surface area (Å²) in [6.45, 7) is 0. The SMILES string of the molecule is N#Cc1ccc(-c2cc3c(cc2-c2ccc(-c4ccc(-c5nc(-c6ccccc6)nc(-c6ccccc6)n5)cc4)cc2)C2(c4ccccc4-c4ccccc42)c2ccccc2-3)cc1. The molecule has 0 saturated carbocycles. The molecule has 1 spiro atoms. The number of hydrogen-bond acceptors (Lipinski definition) is 4. The van der Waals surface area contributed by atoms with E-state index >= 15 is 0 Å². The van der Waals surface area contributed by atoms with Gasteiger partial charge in [-0.05, 0) is 102 Å². The number of rotatable bonds is 6. The molecular formula is C59H36N4. The molecule has 0 atom stereocenters. The molecule has 0 bridgehead atoms. The van der Waals surface area contributed by atoms with Crippen molar-refractivity contribution in [1.82, 2.24) is 15.0 Å². The molecule has 0 fully saturated rings. The second-order valence-corrected chi connectivity index (χ2v) is 16.2. The van der Waals surface area contributed by atoms with Crippen molar-refractivity contribution in [2.24, 2.45) is 0 Å². The van der Waals surface area contributed by atoms with Gasteiger partial charge < -0.3 is 0 Å². The average molecular weight is 801 g/mol. The van der Waals surface area contributed by atoms with Crippen molar-refractivity contribution < 1.29 is 0 Å². The lowest BCUT2D eigenvalue weighted by Crippen LogP contribution is -2.25. The lowest BCUT2D eigenvalue weighted by atomic mass is 9.70. The number of hydrogen-bond donors (Lipinski definition) is 0. The Hall–Kier alpha value is -8.52. The van der Waals surface area contributed by atoms with Gasteiger partial charge in [0, 0.05) is 16.7 Å². The molecule has 12 rings (SSSR count). The summed E-state index contributed by atoms with van der Waals surface area (Å²) in [6.07, 6.45) is 0. The predicted octanol–water partition coefficient (Wildman–Crippen LogP) is 14.1. The molecule has 0 unspecified atom stereocenters. The van der Waals surface area contributed by atoms with Crippen molar-refractivity contribution in [3.05, 3.63) is 246 Å². The molecule has 2 aliphatic rings. The van der Waals surface area contributed by atoms with Crippen LogP contribution in [0, 0.1) is 11.3 Å². The minimum Gasteiger partial charge on any atom is -0.208 e. The normalized spacial score (nSPS) is 12.6. The van der Waals surface area contributed by atoms with Crippen molar-refractivity contribution in [3.63, 3.8) is 0 Å². The van der Waals surface area contributed by atoms with Crippen LogP contribution >= 0.6 is 0 Å². The highest BCUT2D eigenvalue weighted by Gasteiger charge is 2.51. The Morgan fingerprint density at radius 3 is 1.10 bits per heavy atom. The van der Waals surface area contributed by atoms with Crippen LogP contribution in [0.1, 0.15) is 27.8 Å². The van der Waals surface area contributed by atoms with Gasteiger partial charge in [0.15, 0.2) is 17.5 Å². The first-order valence-corrected chi connectivity index (χ1v) is 21.2. The van der Waals surface area contributed by atoms with Crippen LogP contribution in [0.3, 0.4) is 0 Å². The smallest absolute Gasteiger partial charge is 0.164 e. The van der Waals surface area contributed by atoms with Gasteiger partial charge in [-0.1, -0.05) is 194 Å². The summed E-state index contributed by atoms with van der Waals surface area (Å²) < 4.78 is 0. The predicted molar refractivity (Wildman–Crippen MR) is 253 cm³/mol. The molecule has 9 aromatic carbocycles. The Morgan fingerprint density at radius 1 is 0.286 bits per heavy atom. The fraction of sp³-hybridized carbons (Fsp3) is 0.0169. The lowest BCUT2D eigenvalue weighted by Gasteiger charge is -2.31. The summed E-state index contributed by atoms with van der Waals surface area (Å²) in [5.74, 6) is 1.91. The standard InChI is InChI=1S/C59H36N4/c60-37-38-23-25-41(26-24-38)49-35-51-48-19-9-12-22-54(48)59(52-20-10-7-17-46(52)47-18-8-11-21-53(47)59)55(51)36-50(49)42-31-27-39(28-32-42)40-29-33-45(34-30-40)58-62-56(43-13-3-1-4-14-43)61-57(63-58)44-15-5-2-6-16-44/h1-36H. The Balaban J connectivity index is 0.970. The fourth-order valence-electron chi connectivity index (χ4n) is 9.93. The van der Waals surface area contributed by atoms with Crippen molar-refractivity contribution in [3.8, 4) is 95.9 Å². The average Bonchev–Trinajstić information content (AvgIpc) is 3.83. The number of nitrogens with zero attached hydrogens (tertiary/aromatic N) is 4. The number of fused-ring (bicyclic) bond motifs is 10. The van der Waals surface area contributed by atoms with Crippen molar-refractivity contribution in [2.45, 2.75) is 5.41 Å². The second kappa shape index (κ2) is 14.6. The van der Waals surface area contributed by atoms with E-state index in [0.29, 0.717) is 23.0 Å². The molecule has 0 radical (unpaired) electrons. The maximum absolute atomic E-state index is 9.69. The molecule has 292 valence electrons. The van der Waals surface area contributed by atoms with Crippen LogP contribution in [0.2, 0.25) is 0 Å². The van der Waals surface area contributed by atoms with E-state index in [1.807, 2.05) is 72.8 Å². The van der Waals surface area contributed by atoms with E-state index in [2.05, 4.69) is 152 Å². The zero-order valence-electron chi connectivity index (χ0n) is 34.1. The third-order valence-corrected chi connectivity index (χ3v) is 12.8. The highest BCUT2D eigenvalue weighted by atomic mass is 15.0. The molecule has 1 aromatic heterocycles. The molecular weight excluding hydrogens is 765 g/mol. The van der Waals surface area contributed by atoms with Crippen LogP contribution in [-0.2, 0) is 5.41 Å². The summed E-state index contributed by atoms with van der Waals surface area (Å²) in [5, 5.41) is 9.69. The lowest BCUT2D eigenvalue weighted by molar-refractivity contribution is 0.794. The van der Waals surface area contributed by atoms with E-state index < -0.39 is 5.41 Å². The van der Waals surface area contributed by atoms with E-state index in [0.717, 1.165) is 50.1 Å². The van der Waals surface area contributed by atoms with Gasteiger partial charge in [-0.3, -0.25) is 0 Å². The first-order valence-electron chi connectivity index (χ1n) is 21.2. The van der Waals surface area contributed by atoms with Crippen molar-refractivity contribution >= 4 is 0 Å². The summed E-state index contributed by atoms with van der Waals surface area (Å²) in [5.41, 5.74) is 20.0. The topological polar surface area (TPSA) is 62.5 Å². The summed E-state index contributed by atoms with van der Waals surface area (Å²) >= 11 is 0. The first kappa shape index (κ1) is 36.3. The van der Waals surface area contributed by atoms with E-state index in [4.69, 9.17) is 15.0 Å². The van der Waals surface area contributed by atoms with Gasteiger partial charge in [-0.25, -0.2) is 15.0 Å². The van der Waals surface area contributed by atoms with Crippen LogP contribution in [0.25, 0.3) is 89.8 Å². The highest BCUT2D eigenvalue weighted by molar-refractivity contribution is 5.99. The number of benzene rings is 9. The second-order valence-electron chi connectivity index (χ2n) is 16.2. The van der Waals surface area contributed by atoms with Crippen LogP contribution in [0.15, 0.2) is 218 Å². The number of nitriles is 1. The first-order chi connectivity index (χ1) is 31.2. The summed E-state index contributed by atoms with van der Waals surface area (Å²) in [4.78, 5) is 14.7. The molecule has 4 nitrogen and oxygen atoms in total. The molecule has 0 N–H and O–H groups in total.